The molecule has 0 bridgehead atoms. The SMILES string of the molecule is CC=C(CC)c1ccc2cccc(O)c2n1. The molecular formula is C14H15NO. The largest absolute Gasteiger partial charge is 0.506 e. The average molecular weight is 213 g/mol. The summed E-state index contributed by atoms with van der Waals surface area (Å²) in [4.78, 5) is 4.50. The van der Waals surface area contributed by atoms with Crippen molar-refractivity contribution < 1.29 is 5.11 Å². The molecule has 0 aliphatic rings. The van der Waals surface area contributed by atoms with E-state index in [1.165, 1.54) is 5.57 Å². The molecule has 1 N–H and O–H groups in total. The Labute approximate surface area is 95.3 Å². The summed E-state index contributed by atoms with van der Waals surface area (Å²) in [6.07, 6.45) is 3.01. The third-order valence-corrected chi connectivity index (χ3v) is 2.76. The molecule has 82 valence electrons. The van der Waals surface area contributed by atoms with Crippen molar-refractivity contribution in [3.05, 3.63) is 42.1 Å². The van der Waals surface area contributed by atoms with Gasteiger partial charge in [-0.05, 0) is 31.1 Å². The molecule has 1 aromatic heterocycles. The van der Waals surface area contributed by atoms with Gasteiger partial charge in [0.2, 0.25) is 0 Å². The first-order chi connectivity index (χ1) is 7.76. The molecule has 2 rings (SSSR count). The summed E-state index contributed by atoms with van der Waals surface area (Å²) in [7, 11) is 0. The minimum absolute atomic E-state index is 0.242. The molecule has 0 saturated carbocycles. The summed E-state index contributed by atoms with van der Waals surface area (Å²) < 4.78 is 0. The molecule has 0 radical (unpaired) electrons. The van der Waals surface area contributed by atoms with Crippen molar-refractivity contribution in [3.63, 3.8) is 0 Å². The molecule has 0 unspecified atom stereocenters. The van der Waals surface area contributed by atoms with E-state index in [0.717, 1.165) is 17.5 Å². The lowest BCUT2D eigenvalue weighted by Crippen LogP contribution is -1.89. The van der Waals surface area contributed by atoms with Gasteiger partial charge in [-0.15, -0.1) is 0 Å². The van der Waals surface area contributed by atoms with Crippen LogP contribution in [0.4, 0.5) is 0 Å². The van der Waals surface area contributed by atoms with Gasteiger partial charge in [0.05, 0.1) is 5.69 Å². The van der Waals surface area contributed by atoms with Crippen LogP contribution in [0.15, 0.2) is 36.4 Å². The molecule has 0 atom stereocenters. The van der Waals surface area contributed by atoms with E-state index in [0.29, 0.717) is 5.52 Å². The molecule has 0 amide bonds. The summed E-state index contributed by atoms with van der Waals surface area (Å²) in [6.45, 7) is 4.11. The van der Waals surface area contributed by atoms with Gasteiger partial charge in [0, 0.05) is 5.39 Å². The van der Waals surface area contributed by atoms with E-state index in [4.69, 9.17) is 0 Å². The number of rotatable bonds is 2. The molecule has 0 aliphatic heterocycles. The number of fused-ring (bicyclic) bond motifs is 1. The van der Waals surface area contributed by atoms with E-state index in [9.17, 15) is 5.11 Å². The van der Waals surface area contributed by atoms with Crippen molar-refractivity contribution >= 4 is 16.5 Å². The minimum atomic E-state index is 0.242. The molecule has 16 heavy (non-hydrogen) atoms. The van der Waals surface area contributed by atoms with Gasteiger partial charge in [-0.2, -0.15) is 0 Å². The summed E-state index contributed by atoms with van der Waals surface area (Å²) in [5.41, 5.74) is 2.82. The van der Waals surface area contributed by atoms with E-state index in [2.05, 4.69) is 18.0 Å². The second-order valence-electron chi connectivity index (χ2n) is 3.71. The average Bonchev–Trinajstić information content (AvgIpc) is 2.32. The fourth-order valence-electron chi connectivity index (χ4n) is 1.84. The van der Waals surface area contributed by atoms with Crippen LogP contribution in [0.3, 0.4) is 0 Å². The monoisotopic (exact) mass is 213 g/mol. The molecule has 2 nitrogen and oxygen atoms in total. The molecule has 0 saturated heterocycles. The molecule has 0 fully saturated rings. The highest BCUT2D eigenvalue weighted by molar-refractivity contribution is 5.85. The van der Waals surface area contributed by atoms with Gasteiger partial charge < -0.3 is 5.11 Å². The first-order valence-corrected chi connectivity index (χ1v) is 5.50. The number of phenols is 1. The number of allylic oxidation sites excluding steroid dienone is 2. The van der Waals surface area contributed by atoms with Crippen molar-refractivity contribution in [1.82, 2.24) is 4.98 Å². The minimum Gasteiger partial charge on any atom is -0.506 e. The Morgan fingerprint density at radius 1 is 1.31 bits per heavy atom. The predicted molar refractivity (Wildman–Crippen MR) is 67.3 cm³/mol. The van der Waals surface area contributed by atoms with Gasteiger partial charge in [-0.25, -0.2) is 4.98 Å². The van der Waals surface area contributed by atoms with E-state index < -0.39 is 0 Å². The van der Waals surface area contributed by atoms with E-state index in [-0.39, 0.29) is 5.75 Å². The number of nitrogens with zero attached hydrogens (tertiary/aromatic N) is 1. The lowest BCUT2D eigenvalue weighted by molar-refractivity contribution is 0.480. The topological polar surface area (TPSA) is 33.1 Å². The van der Waals surface area contributed by atoms with Crippen LogP contribution in [0.5, 0.6) is 5.75 Å². The molecular weight excluding hydrogens is 198 g/mol. The highest BCUT2D eigenvalue weighted by Crippen LogP contribution is 2.25. The Bertz CT molecular complexity index is 543. The van der Waals surface area contributed by atoms with Crippen molar-refractivity contribution in [2.45, 2.75) is 20.3 Å². The number of pyridine rings is 1. The van der Waals surface area contributed by atoms with Crippen molar-refractivity contribution in [2.24, 2.45) is 0 Å². The van der Waals surface area contributed by atoms with Crippen LogP contribution in [-0.2, 0) is 0 Å². The van der Waals surface area contributed by atoms with Gasteiger partial charge in [0.1, 0.15) is 11.3 Å². The van der Waals surface area contributed by atoms with Gasteiger partial charge in [0.25, 0.3) is 0 Å². The standard InChI is InChI=1S/C14H15NO/c1-3-10(4-2)12-9-8-11-6-5-7-13(16)14(11)15-12/h3,5-9,16H,4H2,1-2H3. The van der Waals surface area contributed by atoms with Gasteiger partial charge in [-0.1, -0.05) is 31.2 Å². The fourth-order valence-corrected chi connectivity index (χ4v) is 1.84. The summed E-state index contributed by atoms with van der Waals surface area (Å²) in [6, 6.07) is 9.44. The summed E-state index contributed by atoms with van der Waals surface area (Å²) >= 11 is 0. The highest BCUT2D eigenvalue weighted by atomic mass is 16.3. The van der Waals surface area contributed by atoms with Crippen LogP contribution < -0.4 is 0 Å². The van der Waals surface area contributed by atoms with E-state index in [1.54, 1.807) is 6.07 Å². The first-order valence-electron chi connectivity index (χ1n) is 5.50. The third-order valence-electron chi connectivity index (χ3n) is 2.76. The van der Waals surface area contributed by atoms with Crippen LogP contribution in [0.2, 0.25) is 0 Å². The van der Waals surface area contributed by atoms with Crippen molar-refractivity contribution in [1.29, 1.82) is 0 Å². The van der Waals surface area contributed by atoms with Gasteiger partial charge >= 0.3 is 0 Å². The Morgan fingerprint density at radius 2 is 2.12 bits per heavy atom. The maximum absolute atomic E-state index is 9.74. The highest BCUT2D eigenvalue weighted by Gasteiger charge is 2.04. The number of aromatic hydroxyl groups is 1. The van der Waals surface area contributed by atoms with Crippen LogP contribution in [-0.4, -0.2) is 10.1 Å². The number of benzene rings is 1. The number of aromatic nitrogens is 1. The number of hydrogen-bond acceptors (Lipinski definition) is 2. The third kappa shape index (κ3) is 1.78. The second kappa shape index (κ2) is 4.35. The lowest BCUT2D eigenvalue weighted by atomic mass is 10.1. The maximum atomic E-state index is 9.74. The van der Waals surface area contributed by atoms with Crippen molar-refractivity contribution in [3.8, 4) is 5.75 Å². The normalized spacial score (nSPS) is 12.0. The molecule has 2 heteroatoms. The Balaban J connectivity index is 2.63. The fraction of sp³-hybridized carbons (Fsp3) is 0.214. The smallest absolute Gasteiger partial charge is 0.141 e. The van der Waals surface area contributed by atoms with Crippen LogP contribution in [0.25, 0.3) is 16.5 Å². The Hall–Kier alpha value is -1.83. The summed E-state index contributed by atoms with van der Waals surface area (Å²) in [5, 5.41) is 10.7. The molecule has 1 heterocycles. The number of hydrogen-bond donors (Lipinski definition) is 1. The molecule has 1 aromatic carbocycles. The Kier molecular flexibility index (Phi) is 2.91. The second-order valence-corrected chi connectivity index (χ2v) is 3.71. The molecule has 0 aliphatic carbocycles. The van der Waals surface area contributed by atoms with Gasteiger partial charge in [-0.3, -0.25) is 0 Å². The van der Waals surface area contributed by atoms with Crippen LogP contribution in [0, 0.1) is 0 Å². The van der Waals surface area contributed by atoms with Crippen molar-refractivity contribution in [2.75, 3.05) is 0 Å². The Morgan fingerprint density at radius 3 is 2.81 bits per heavy atom. The zero-order valence-electron chi connectivity index (χ0n) is 9.57. The zero-order valence-corrected chi connectivity index (χ0v) is 9.57. The maximum Gasteiger partial charge on any atom is 0.141 e. The molecule has 0 spiro atoms. The van der Waals surface area contributed by atoms with Crippen LogP contribution in [0.1, 0.15) is 26.0 Å². The van der Waals surface area contributed by atoms with E-state index >= 15 is 0 Å². The summed E-state index contributed by atoms with van der Waals surface area (Å²) in [5.74, 6) is 0.242. The predicted octanol–water partition coefficient (Wildman–Crippen LogP) is 3.75. The number of para-hydroxylation sites is 1. The van der Waals surface area contributed by atoms with Crippen LogP contribution >= 0.6 is 0 Å². The lowest BCUT2D eigenvalue weighted by Gasteiger charge is -2.06. The quantitative estimate of drug-likeness (QED) is 0.824. The van der Waals surface area contributed by atoms with Gasteiger partial charge in [0.15, 0.2) is 0 Å². The first kappa shape index (κ1) is 10.7. The van der Waals surface area contributed by atoms with E-state index in [1.807, 2.05) is 31.2 Å². The zero-order chi connectivity index (χ0) is 11.5. The molecule has 2 aromatic rings. The number of phenolic OH excluding ortho intramolecular Hbond substituents is 1.